The van der Waals surface area contributed by atoms with Crippen LogP contribution in [0.1, 0.15) is 0 Å². The number of halogens is 1. The number of thioether (sulfide) groups is 1. The molecule has 4 aromatic rings. The first kappa shape index (κ1) is 18.5. The molecule has 0 bridgehead atoms. The molecule has 8 nitrogen and oxygen atoms in total. The Morgan fingerprint density at radius 3 is 2.93 bits per heavy atom. The van der Waals surface area contributed by atoms with Gasteiger partial charge in [-0.25, -0.2) is 9.66 Å². The van der Waals surface area contributed by atoms with E-state index < -0.39 is 0 Å². The molecule has 0 spiro atoms. The smallest absolute Gasteiger partial charge is 0.236 e. The zero-order chi connectivity index (χ0) is 19.5. The number of nitrogens with zero attached hydrogens (tertiary/aromatic N) is 4. The molecule has 3 aromatic heterocycles. The number of anilines is 1. The van der Waals surface area contributed by atoms with Gasteiger partial charge in [0.25, 0.3) is 0 Å². The van der Waals surface area contributed by atoms with Crippen LogP contribution in [-0.2, 0) is 4.79 Å². The molecule has 0 radical (unpaired) electrons. The van der Waals surface area contributed by atoms with Crippen molar-refractivity contribution in [3.05, 3.63) is 53.1 Å². The maximum Gasteiger partial charge on any atom is 0.236 e. The number of thiazole rings is 1. The fraction of sp³-hybridized carbons (Fsp3) is 0.0588. The van der Waals surface area contributed by atoms with Crippen molar-refractivity contribution in [1.29, 1.82) is 0 Å². The summed E-state index contributed by atoms with van der Waals surface area (Å²) >= 11 is 8.68. The molecule has 11 heteroatoms. The molecule has 1 aromatic carbocycles. The SMILES string of the molecule is Nn1c(SCC(=O)Nc2nc(-c3ccccc3Cl)cs2)nnc1-c1ccco1. The summed E-state index contributed by atoms with van der Waals surface area (Å²) in [4.78, 5) is 16.7. The second kappa shape index (κ2) is 8.05. The van der Waals surface area contributed by atoms with E-state index in [1.54, 1.807) is 18.2 Å². The number of aromatic nitrogens is 4. The minimum absolute atomic E-state index is 0.106. The number of benzene rings is 1. The lowest BCUT2D eigenvalue weighted by atomic mass is 10.2. The summed E-state index contributed by atoms with van der Waals surface area (Å²) in [5, 5.41) is 14.1. The largest absolute Gasteiger partial charge is 0.461 e. The van der Waals surface area contributed by atoms with Crippen molar-refractivity contribution in [2.24, 2.45) is 0 Å². The van der Waals surface area contributed by atoms with Crippen LogP contribution >= 0.6 is 34.7 Å². The van der Waals surface area contributed by atoms with Crippen molar-refractivity contribution in [1.82, 2.24) is 19.9 Å². The van der Waals surface area contributed by atoms with Gasteiger partial charge >= 0.3 is 0 Å². The molecular formula is C17H13ClN6O2S2. The highest BCUT2D eigenvalue weighted by atomic mass is 35.5. The maximum absolute atomic E-state index is 12.2. The minimum atomic E-state index is -0.229. The molecule has 4 rings (SSSR count). The van der Waals surface area contributed by atoms with Crippen LogP contribution in [0.2, 0.25) is 5.02 Å². The zero-order valence-electron chi connectivity index (χ0n) is 14.2. The molecule has 1 amide bonds. The van der Waals surface area contributed by atoms with Crippen molar-refractivity contribution < 1.29 is 9.21 Å². The minimum Gasteiger partial charge on any atom is -0.461 e. The summed E-state index contributed by atoms with van der Waals surface area (Å²) in [5.41, 5.74) is 1.53. The number of nitrogen functional groups attached to an aromatic ring is 1. The van der Waals surface area contributed by atoms with Crippen LogP contribution in [0.25, 0.3) is 22.8 Å². The van der Waals surface area contributed by atoms with E-state index in [1.165, 1.54) is 22.3 Å². The average molecular weight is 433 g/mol. The van der Waals surface area contributed by atoms with Gasteiger partial charge in [-0.05, 0) is 18.2 Å². The molecule has 0 saturated carbocycles. The topological polar surface area (TPSA) is 112 Å². The molecule has 0 fully saturated rings. The van der Waals surface area contributed by atoms with Crippen molar-refractivity contribution in [3.8, 4) is 22.8 Å². The number of nitrogens with one attached hydrogen (secondary N) is 1. The third-order valence-corrected chi connectivity index (χ3v) is 5.67. The number of hydrogen-bond donors (Lipinski definition) is 2. The highest BCUT2D eigenvalue weighted by Gasteiger charge is 2.16. The van der Waals surface area contributed by atoms with Crippen molar-refractivity contribution in [3.63, 3.8) is 0 Å². The Morgan fingerprint density at radius 2 is 2.14 bits per heavy atom. The summed E-state index contributed by atoms with van der Waals surface area (Å²) in [7, 11) is 0. The van der Waals surface area contributed by atoms with Crippen molar-refractivity contribution >= 4 is 45.7 Å². The second-order valence-corrected chi connectivity index (χ2v) is 7.72. The maximum atomic E-state index is 12.2. The molecule has 3 heterocycles. The molecule has 3 N–H and O–H groups in total. The van der Waals surface area contributed by atoms with Gasteiger partial charge in [0.1, 0.15) is 0 Å². The summed E-state index contributed by atoms with van der Waals surface area (Å²) in [5.74, 6) is 6.74. The average Bonchev–Trinajstić information content (AvgIpc) is 3.42. The van der Waals surface area contributed by atoms with E-state index in [-0.39, 0.29) is 11.7 Å². The molecule has 0 aliphatic carbocycles. The Balaban J connectivity index is 1.38. The Bertz CT molecular complexity index is 1110. The first-order chi connectivity index (χ1) is 13.6. The molecule has 0 aliphatic rings. The Kier molecular flexibility index (Phi) is 5.33. The first-order valence-corrected chi connectivity index (χ1v) is 10.2. The van der Waals surface area contributed by atoms with Crippen molar-refractivity contribution in [2.75, 3.05) is 16.9 Å². The van der Waals surface area contributed by atoms with Crippen LogP contribution in [0.4, 0.5) is 5.13 Å². The number of hydrogen-bond acceptors (Lipinski definition) is 8. The third-order valence-electron chi connectivity index (χ3n) is 3.64. The highest BCUT2D eigenvalue weighted by Crippen LogP contribution is 2.30. The van der Waals surface area contributed by atoms with Gasteiger partial charge in [-0.15, -0.1) is 21.5 Å². The van der Waals surface area contributed by atoms with Crippen molar-refractivity contribution in [2.45, 2.75) is 5.16 Å². The normalized spacial score (nSPS) is 10.9. The van der Waals surface area contributed by atoms with Gasteiger partial charge in [0.2, 0.25) is 16.9 Å². The van der Waals surface area contributed by atoms with E-state index in [9.17, 15) is 4.79 Å². The molecule has 28 heavy (non-hydrogen) atoms. The van der Waals surface area contributed by atoms with Gasteiger partial charge < -0.3 is 15.6 Å². The van der Waals surface area contributed by atoms with Crippen LogP contribution in [0.15, 0.2) is 57.6 Å². The fourth-order valence-electron chi connectivity index (χ4n) is 2.36. The zero-order valence-corrected chi connectivity index (χ0v) is 16.6. The van der Waals surface area contributed by atoms with Crippen LogP contribution in [0.5, 0.6) is 0 Å². The Morgan fingerprint density at radius 1 is 1.29 bits per heavy atom. The molecule has 0 saturated heterocycles. The predicted octanol–water partition coefficient (Wildman–Crippen LogP) is 3.76. The van der Waals surface area contributed by atoms with Crippen LogP contribution in [-0.4, -0.2) is 31.5 Å². The lowest BCUT2D eigenvalue weighted by Gasteiger charge is -2.03. The monoisotopic (exact) mass is 432 g/mol. The molecule has 142 valence electrons. The van der Waals surface area contributed by atoms with E-state index in [4.69, 9.17) is 21.9 Å². The van der Waals surface area contributed by atoms with Crippen LogP contribution in [0.3, 0.4) is 0 Å². The highest BCUT2D eigenvalue weighted by molar-refractivity contribution is 7.99. The van der Waals surface area contributed by atoms with Gasteiger partial charge in [-0.3, -0.25) is 4.79 Å². The van der Waals surface area contributed by atoms with E-state index in [0.29, 0.717) is 32.6 Å². The summed E-state index contributed by atoms with van der Waals surface area (Å²) in [6, 6.07) is 10.9. The summed E-state index contributed by atoms with van der Waals surface area (Å²) < 4.78 is 6.54. The summed E-state index contributed by atoms with van der Waals surface area (Å²) in [6.45, 7) is 0. The molecular weight excluding hydrogens is 420 g/mol. The number of carbonyl (C=O) groups excluding carboxylic acids is 1. The molecule has 0 unspecified atom stereocenters. The second-order valence-electron chi connectivity index (χ2n) is 5.51. The first-order valence-electron chi connectivity index (χ1n) is 7.99. The third kappa shape index (κ3) is 3.88. The van der Waals surface area contributed by atoms with Gasteiger partial charge in [0, 0.05) is 16.0 Å². The lowest BCUT2D eigenvalue weighted by Crippen LogP contribution is -2.16. The quantitative estimate of drug-likeness (QED) is 0.352. The predicted molar refractivity (Wildman–Crippen MR) is 110 cm³/mol. The molecule has 0 aliphatic heterocycles. The van der Waals surface area contributed by atoms with Gasteiger partial charge in [0.15, 0.2) is 10.9 Å². The van der Waals surface area contributed by atoms with E-state index in [1.807, 2.05) is 23.6 Å². The molecule has 0 atom stereocenters. The number of amides is 1. The van der Waals surface area contributed by atoms with E-state index >= 15 is 0 Å². The Labute approximate surface area is 172 Å². The van der Waals surface area contributed by atoms with Gasteiger partial charge in [-0.1, -0.05) is 41.6 Å². The van der Waals surface area contributed by atoms with Crippen LogP contribution in [0, 0.1) is 0 Å². The summed E-state index contributed by atoms with van der Waals surface area (Å²) in [6.07, 6.45) is 1.52. The van der Waals surface area contributed by atoms with E-state index in [2.05, 4.69) is 20.5 Å². The number of nitrogens with two attached hydrogens (primary N) is 1. The number of furan rings is 1. The number of carbonyl (C=O) groups is 1. The number of rotatable bonds is 6. The van der Waals surface area contributed by atoms with Gasteiger partial charge in [-0.2, -0.15) is 0 Å². The fourth-order valence-corrected chi connectivity index (χ4v) is 3.97. The Hall–Kier alpha value is -2.82. The van der Waals surface area contributed by atoms with Crippen LogP contribution < -0.4 is 11.2 Å². The standard InChI is InChI=1S/C17H13ClN6O2S2/c18-11-5-2-1-4-10(11)12-8-27-16(20-12)21-14(25)9-28-17-23-22-15(24(17)19)13-6-3-7-26-13/h1-8H,9,19H2,(H,20,21,25). The lowest BCUT2D eigenvalue weighted by molar-refractivity contribution is -0.113. The van der Waals surface area contributed by atoms with Gasteiger partial charge in [0.05, 0.1) is 17.7 Å². The van der Waals surface area contributed by atoms with E-state index in [0.717, 1.165) is 17.3 Å².